The molecule has 2 heterocycles. The van der Waals surface area contributed by atoms with E-state index in [-0.39, 0.29) is 18.0 Å². The van der Waals surface area contributed by atoms with Gasteiger partial charge >= 0.3 is 6.09 Å². The van der Waals surface area contributed by atoms with E-state index >= 15 is 0 Å². The monoisotopic (exact) mass is 365 g/mol. The third kappa shape index (κ3) is 4.70. The third-order valence-corrected chi connectivity index (χ3v) is 5.88. The minimum Gasteiger partial charge on any atom is -0.444 e. The third-order valence-electron chi connectivity index (χ3n) is 5.88. The summed E-state index contributed by atoms with van der Waals surface area (Å²) in [6.45, 7) is 9.73. The molecule has 0 aromatic rings. The van der Waals surface area contributed by atoms with Gasteiger partial charge in [-0.25, -0.2) is 4.79 Å². The molecule has 2 aliphatic heterocycles. The second-order valence-electron chi connectivity index (χ2n) is 8.98. The molecule has 6 heteroatoms. The molecule has 1 aliphatic carbocycles. The SMILES string of the molecule is CC(C)(C)OC(=O)N1CCCCC1C(=O)N1CCN(C2CCCC2)CC1. The minimum absolute atomic E-state index is 0.113. The van der Waals surface area contributed by atoms with Crippen molar-refractivity contribution in [2.75, 3.05) is 32.7 Å². The van der Waals surface area contributed by atoms with Crippen LogP contribution in [-0.2, 0) is 9.53 Å². The highest BCUT2D eigenvalue weighted by Gasteiger charge is 2.38. The summed E-state index contributed by atoms with van der Waals surface area (Å²) in [6.07, 6.45) is 7.65. The van der Waals surface area contributed by atoms with Crippen LogP contribution < -0.4 is 0 Å². The number of piperazine rings is 1. The Bertz CT molecular complexity index is 503. The van der Waals surface area contributed by atoms with E-state index in [0.717, 1.165) is 51.5 Å². The van der Waals surface area contributed by atoms with Gasteiger partial charge in [0.2, 0.25) is 5.91 Å². The van der Waals surface area contributed by atoms with Crippen molar-refractivity contribution in [3.63, 3.8) is 0 Å². The number of hydrogen-bond donors (Lipinski definition) is 0. The van der Waals surface area contributed by atoms with E-state index < -0.39 is 5.60 Å². The molecular formula is C20H35N3O3. The van der Waals surface area contributed by atoms with Crippen molar-refractivity contribution in [3.05, 3.63) is 0 Å². The van der Waals surface area contributed by atoms with E-state index in [1.807, 2.05) is 25.7 Å². The molecular weight excluding hydrogens is 330 g/mol. The number of nitrogens with zero attached hydrogens (tertiary/aromatic N) is 3. The fourth-order valence-electron chi connectivity index (χ4n) is 4.51. The first-order valence-electron chi connectivity index (χ1n) is 10.4. The summed E-state index contributed by atoms with van der Waals surface area (Å²) in [5, 5.41) is 0. The number of ether oxygens (including phenoxy) is 1. The van der Waals surface area contributed by atoms with Crippen molar-refractivity contribution in [1.29, 1.82) is 0 Å². The highest BCUT2D eigenvalue weighted by Crippen LogP contribution is 2.26. The molecule has 148 valence electrons. The molecule has 0 bridgehead atoms. The summed E-state index contributed by atoms with van der Waals surface area (Å²) in [4.78, 5) is 31.9. The van der Waals surface area contributed by atoms with Crippen molar-refractivity contribution < 1.29 is 14.3 Å². The lowest BCUT2D eigenvalue weighted by atomic mass is 10.0. The maximum atomic E-state index is 13.1. The molecule has 1 saturated carbocycles. The van der Waals surface area contributed by atoms with Gasteiger partial charge in [0.25, 0.3) is 0 Å². The van der Waals surface area contributed by atoms with Gasteiger partial charge in [-0.15, -0.1) is 0 Å². The van der Waals surface area contributed by atoms with Gasteiger partial charge in [0.1, 0.15) is 11.6 Å². The Morgan fingerprint density at radius 3 is 2.08 bits per heavy atom. The molecule has 1 atom stereocenters. The van der Waals surface area contributed by atoms with Crippen LogP contribution in [0.2, 0.25) is 0 Å². The molecule has 6 nitrogen and oxygen atoms in total. The molecule has 0 radical (unpaired) electrons. The molecule has 3 aliphatic rings. The van der Waals surface area contributed by atoms with Gasteiger partial charge < -0.3 is 9.64 Å². The maximum absolute atomic E-state index is 13.1. The predicted octanol–water partition coefficient (Wildman–Crippen LogP) is 2.86. The Hall–Kier alpha value is -1.30. The molecule has 3 rings (SSSR count). The van der Waals surface area contributed by atoms with Gasteiger partial charge in [0, 0.05) is 38.8 Å². The zero-order chi connectivity index (χ0) is 18.7. The second kappa shape index (κ2) is 8.15. The average molecular weight is 366 g/mol. The molecule has 0 aromatic heterocycles. The molecule has 0 N–H and O–H groups in total. The Kier molecular flexibility index (Phi) is 6.10. The van der Waals surface area contributed by atoms with Crippen molar-refractivity contribution in [3.8, 4) is 0 Å². The van der Waals surface area contributed by atoms with Crippen LogP contribution in [0.3, 0.4) is 0 Å². The lowest BCUT2D eigenvalue weighted by Crippen LogP contribution is -2.58. The molecule has 1 unspecified atom stereocenters. The first-order chi connectivity index (χ1) is 12.3. The van der Waals surface area contributed by atoms with Gasteiger partial charge in [0.15, 0.2) is 0 Å². The first kappa shape index (κ1) is 19.5. The van der Waals surface area contributed by atoms with Crippen molar-refractivity contribution in [2.45, 2.75) is 83.4 Å². The Balaban J connectivity index is 1.57. The van der Waals surface area contributed by atoms with Gasteiger partial charge in [0.05, 0.1) is 0 Å². The van der Waals surface area contributed by atoms with Crippen LogP contribution in [0.5, 0.6) is 0 Å². The van der Waals surface area contributed by atoms with Gasteiger partial charge in [-0.1, -0.05) is 12.8 Å². The van der Waals surface area contributed by atoms with Crippen LogP contribution in [0.4, 0.5) is 4.79 Å². The van der Waals surface area contributed by atoms with Crippen LogP contribution in [-0.4, -0.2) is 77.1 Å². The van der Waals surface area contributed by atoms with E-state index in [9.17, 15) is 9.59 Å². The topological polar surface area (TPSA) is 53.1 Å². The fourth-order valence-corrected chi connectivity index (χ4v) is 4.51. The van der Waals surface area contributed by atoms with Crippen LogP contribution in [0.15, 0.2) is 0 Å². The summed E-state index contributed by atoms with van der Waals surface area (Å²) >= 11 is 0. The maximum Gasteiger partial charge on any atom is 0.410 e. The summed E-state index contributed by atoms with van der Waals surface area (Å²) in [5.74, 6) is 0.113. The van der Waals surface area contributed by atoms with Crippen molar-refractivity contribution in [1.82, 2.24) is 14.7 Å². The Morgan fingerprint density at radius 1 is 0.846 bits per heavy atom. The summed E-state index contributed by atoms with van der Waals surface area (Å²) in [6, 6.07) is 0.372. The van der Waals surface area contributed by atoms with Crippen LogP contribution >= 0.6 is 0 Å². The number of piperidine rings is 1. The minimum atomic E-state index is -0.533. The van der Waals surface area contributed by atoms with Gasteiger partial charge in [-0.05, 0) is 52.9 Å². The van der Waals surface area contributed by atoms with Crippen molar-refractivity contribution in [2.24, 2.45) is 0 Å². The lowest BCUT2D eigenvalue weighted by Gasteiger charge is -2.42. The smallest absolute Gasteiger partial charge is 0.410 e. The zero-order valence-electron chi connectivity index (χ0n) is 16.7. The van der Waals surface area contributed by atoms with E-state index in [4.69, 9.17) is 4.74 Å². The first-order valence-corrected chi connectivity index (χ1v) is 10.4. The summed E-state index contributed by atoms with van der Waals surface area (Å²) in [5.41, 5.74) is -0.533. The summed E-state index contributed by atoms with van der Waals surface area (Å²) < 4.78 is 5.54. The highest BCUT2D eigenvalue weighted by molar-refractivity contribution is 5.86. The molecule has 0 spiro atoms. The van der Waals surface area contributed by atoms with Crippen molar-refractivity contribution >= 4 is 12.0 Å². The molecule has 2 saturated heterocycles. The average Bonchev–Trinajstić information content (AvgIpc) is 3.14. The number of carbonyl (C=O) groups excluding carboxylic acids is 2. The second-order valence-corrected chi connectivity index (χ2v) is 8.98. The van der Waals surface area contributed by atoms with Gasteiger partial charge in [-0.2, -0.15) is 0 Å². The van der Waals surface area contributed by atoms with Crippen LogP contribution in [0, 0.1) is 0 Å². The standard InChI is InChI=1S/C20H35N3O3/c1-20(2,3)26-19(25)23-11-7-6-10-17(23)18(24)22-14-12-21(13-15-22)16-8-4-5-9-16/h16-17H,4-15H2,1-3H3. The normalized spacial score (nSPS) is 26.2. The largest absolute Gasteiger partial charge is 0.444 e. The summed E-state index contributed by atoms with van der Waals surface area (Å²) in [7, 11) is 0. The Morgan fingerprint density at radius 2 is 1.46 bits per heavy atom. The number of rotatable bonds is 2. The van der Waals surface area contributed by atoms with E-state index in [2.05, 4.69) is 4.90 Å². The van der Waals surface area contributed by atoms with E-state index in [1.54, 1.807) is 4.90 Å². The number of hydrogen-bond acceptors (Lipinski definition) is 4. The molecule has 26 heavy (non-hydrogen) atoms. The quantitative estimate of drug-likeness (QED) is 0.755. The van der Waals surface area contributed by atoms with E-state index in [0.29, 0.717) is 6.54 Å². The Labute approximate surface area is 157 Å². The van der Waals surface area contributed by atoms with Crippen LogP contribution in [0.1, 0.15) is 65.7 Å². The molecule has 3 fully saturated rings. The van der Waals surface area contributed by atoms with E-state index in [1.165, 1.54) is 25.7 Å². The lowest BCUT2D eigenvalue weighted by molar-refractivity contribution is -0.140. The molecule has 2 amide bonds. The number of likely N-dealkylation sites (tertiary alicyclic amines) is 1. The zero-order valence-corrected chi connectivity index (χ0v) is 16.7. The molecule has 0 aromatic carbocycles. The number of amides is 2. The fraction of sp³-hybridized carbons (Fsp3) is 0.900. The van der Waals surface area contributed by atoms with Crippen LogP contribution in [0.25, 0.3) is 0 Å². The van der Waals surface area contributed by atoms with Gasteiger partial charge in [-0.3, -0.25) is 14.6 Å². The predicted molar refractivity (Wildman–Crippen MR) is 101 cm³/mol. The number of carbonyl (C=O) groups is 2. The highest BCUT2D eigenvalue weighted by atomic mass is 16.6.